The summed E-state index contributed by atoms with van der Waals surface area (Å²) in [6, 6.07) is 8.81. The van der Waals surface area contributed by atoms with Crippen molar-refractivity contribution in [3.63, 3.8) is 0 Å². The Morgan fingerprint density at radius 1 is 1.52 bits per heavy atom. The Kier molecular flexibility index (Phi) is 6.80. The highest BCUT2D eigenvalue weighted by atomic mass is 32.2. The van der Waals surface area contributed by atoms with Crippen molar-refractivity contribution in [2.24, 2.45) is 0 Å². The molecule has 1 atom stereocenters. The lowest BCUT2D eigenvalue weighted by atomic mass is 10.2. The lowest BCUT2D eigenvalue weighted by Gasteiger charge is -2.12. The van der Waals surface area contributed by atoms with Gasteiger partial charge in [-0.15, -0.1) is 5.10 Å². The van der Waals surface area contributed by atoms with E-state index in [1.54, 1.807) is 38.3 Å². The fraction of sp³-hybridized carbons (Fsp3) is 0.375. The van der Waals surface area contributed by atoms with E-state index >= 15 is 0 Å². The second-order valence-corrected chi connectivity index (χ2v) is 6.52. The number of nitrogens with zero attached hydrogens (tertiary/aromatic N) is 3. The van der Waals surface area contributed by atoms with Crippen LogP contribution in [0.3, 0.4) is 0 Å². The third-order valence-electron chi connectivity index (χ3n) is 3.41. The van der Waals surface area contributed by atoms with Gasteiger partial charge in [0.15, 0.2) is 5.16 Å². The number of ether oxygens (including phenoxy) is 1. The van der Waals surface area contributed by atoms with E-state index in [0.717, 1.165) is 0 Å². The first-order valence-corrected chi connectivity index (χ1v) is 8.55. The van der Waals surface area contributed by atoms with E-state index in [9.17, 15) is 9.59 Å². The van der Waals surface area contributed by atoms with Crippen LogP contribution in [-0.4, -0.2) is 39.6 Å². The fourth-order valence-corrected chi connectivity index (χ4v) is 2.97. The first-order chi connectivity index (χ1) is 12.1. The molecular weight excluding hydrogens is 342 g/mol. The van der Waals surface area contributed by atoms with Crippen LogP contribution in [0.2, 0.25) is 0 Å². The molecular formula is C16H19N5O3S. The average Bonchev–Trinajstić information content (AvgIpc) is 2.95. The highest BCUT2D eigenvalue weighted by molar-refractivity contribution is 8.00. The molecule has 1 aromatic heterocycles. The van der Waals surface area contributed by atoms with Gasteiger partial charge in [-0.2, -0.15) is 5.26 Å². The van der Waals surface area contributed by atoms with Crippen molar-refractivity contribution in [1.29, 1.82) is 5.26 Å². The van der Waals surface area contributed by atoms with Crippen molar-refractivity contribution in [1.82, 2.24) is 14.8 Å². The summed E-state index contributed by atoms with van der Waals surface area (Å²) in [6.45, 7) is 2.70. The summed E-state index contributed by atoms with van der Waals surface area (Å²) in [5, 5.41) is 18.1. The molecule has 1 amide bonds. The van der Waals surface area contributed by atoms with Gasteiger partial charge in [-0.1, -0.05) is 23.9 Å². The first kappa shape index (κ1) is 18.8. The predicted molar refractivity (Wildman–Crippen MR) is 94.4 cm³/mol. The number of H-pyrrole nitrogens is 1. The van der Waals surface area contributed by atoms with Gasteiger partial charge in [0.1, 0.15) is 6.07 Å². The molecule has 132 valence electrons. The standard InChI is InChI=1S/C16H19N5O3S/c1-11(14(22)18-13-7-4-3-6-12(13)10-17)25-16-20-19-15(23)21(16)8-5-9-24-2/h3-4,6-7,11H,5,8-9H2,1-2H3,(H,18,22)(H,19,23)/t11-/m1/s1. The van der Waals surface area contributed by atoms with E-state index in [2.05, 4.69) is 15.5 Å². The van der Waals surface area contributed by atoms with Gasteiger partial charge in [-0.05, 0) is 25.5 Å². The Hall–Kier alpha value is -2.57. The fourth-order valence-electron chi connectivity index (χ4n) is 2.09. The van der Waals surface area contributed by atoms with Crippen molar-refractivity contribution in [2.45, 2.75) is 30.3 Å². The van der Waals surface area contributed by atoms with E-state index in [1.165, 1.54) is 16.3 Å². The largest absolute Gasteiger partial charge is 0.385 e. The molecule has 2 aromatic rings. The molecule has 1 aromatic carbocycles. The number of aromatic nitrogens is 3. The summed E-state index contributed by atoms with van der Waals surface area (Å²) in [5.74, 6) is -0.272. The first-order valence-electron chi connectivity index (χ1n) is 7.67. The minimum atomic E-state index is -0.497. The number of hydrogen-bond donors (Lipinski definition) is 2. The second kappa shape index (κ2) is 9.05. The number of aromatic amines is 1. The van der Waals surface area contributed by atoms with Crippen LogP contribution in [0.4, 0.5) is 5.69 Å². The van der Waals surface area contributed by atoms with Crippen LogP contribution in [-0.2, 0) is 16.1 Å². The van der Waals surface area contributed by atoms with Crippen LogP contribution in [0.5, 0.6) is 0 Å². The summed E-state index contributed by atoms with van der Waals surface area (Å²) < 4.78 is 6.47. The Labute approximate surface area is 149 Å². The van der Waals surface area contributed by atoms with E-state index in [-0.39, 0.29) is 11.6 Å². The number of methoxy groups -OCH3 is 1. The van der Waals surface area contributed by atoms with E-state index < -0.39 is 5.25 Å². The van der Waals surface area contributed by atoms with Gasteiger partial charge in [0, 0.05) is 20.3 Å². The topological polar surface area (TPSA) is 113 Å². The molecule has 9 heteroatoms. The van der Waals surface area contributed by atoms with Gasteiger partial charge >= 0.3 is 5.69 Å². The number of rotatable bonds is 8. The molecule has 8 nitrogen and oxygen atoms in total. The molecule has 2 rings (SSSR count). The van der Waals surface area contributed by atoms with Gasteiger partial charge < -0.3 is 10.1 Å². The monoisotopic (exact) mass is 361 g/mol. The van der Waals surface area contributed by atoms with Gasteiger partial charge in [0.2, 0.25) is 5.91 Å². The maximum absolute atomic E-state index is 12.4. The van der Waals surface area contributed by atoms with Crippen molar-refractivity contribution in [3.05, 3.63) is 40.3 Å². The summed E-state index contributed by atoms with van der Waals surface area (Å²) in [5.41, 5.74) is 0.535. The smallest absolute Gasteiger partial charge is 0.343 e. The zero-order chi connectivity index (χ0) is 18.2. The minimum Gasteiger partial charge on any atom is -0.385 e. The number of anilines is 1. The summed E-state index contributed by atoms with van der Waals surface area (Å²) in [7, 11) is 1.60. The number of carbonyl (C=O) groups excluding carboxylic acids is 1. The van der Waals surface area contributed by atoms with Gasteiger partial charge in [0.25, 0.3) is 0 Å². The molecule has 0 radical (unpaired) electrons. The summed E-state index contributed by atoms with van der Waals surface area (Å²) >= 11 is 1.17. The molecule has 0 saturated carbocycles. The zero-order valence-electron chi connectivity index (χ0n) is 14.0. The molecule has 2 N–H and O–H groups in total. The number of carbonyl (C=O) groups is 1. The number of nitriles is 1. The average molecular weight is 361 g/mol. The Bertz CT molecular complexity index is 824. The maximum atomic E-state index is 12.4. The van der Waals surface area contributed by atoms with Crippen molar-refractivity contribution >= 4 is 23.4 Å². The van der Waals surface area contributed by atoms with Gasteiger partial charge in [-0.25, -0.2) is 9.89 Å². The minimum absolute atomic E-state index is 0.272. The highest BCUT2D eigenvalue weighted by Crippen LogP contribution is 2.22. The third kappa shape index (κ3) is 4.95. The van der Waals surface area contributed by atoms with E-state index in [4.69, 9.17) is 10.00 Å². The lowest BCUT2D eigenvalue weighted by molar-refractivity contribution is -0.115. The molecule has 0 aliphatic carbocycles. The van der Waals surface area contributed by atoms with Crippen LogP contribution in [0, 0.1) is 11.3 Å². The molecule has 0 aliphatic rings. The van der Waals surface area contributed by atoms with Crippen LogP contribution in [0.15, 0.2) is 34.2 Å². The maximum Gasteiger partial charge on any atom is 0.343 e. The molecule has 0 unspecified atom stereocenters. The number of benzene rings is 1. The molecule has 0 aliphatic heterocycles. The van der Waals surface area contributed by atoms with Crippen molar-refractivity contribution in [3.8, 4) is 6.07 Å². The SMILES string of the molecule is COCCCn1c(S[C@H](C)C(=O)Nc2ccccc2C#N)n[nH]c1=O. The zero-order valence-corrected chi connectivity index (χ0v) is 14.8. The molecule has 1 heterocycles. The number of thioether (sulfide) groups is 1. The number of nitrogens with one attached hydrogen (secondary N) is 2. The van der Waals surface area contributed by atoms with Crippen LogP contribution in [0.1, 0.15) is 18.9 Å². The highest BCUT2D eigenvalue weighted by Gasteiger charge is 2.19. The predicted octanol–water partition coefficient (Wildman–Crippen LogP) is 1.60. The third-order valence-corrected chi connectivity index (χ3v) is 4.50. The molecule has 25 heavy (non-hydrogen) atoms. The lowest BCUT2D eigenvalue weighted by Crippen LogP contribution is -2.24. The molecule has 0 saturated heterocycles. The normalized spacial score (nSPS) is 11.7. The van der Waals surface area contributed by atoms with Crippen LogP contribution in [0.25, 0.3) is 0 Å². The Morgan fingerprint density at radius 3 is 3.00 bits per heavy atom. The number of amides is 1. The Balaban J connectivity index is 2.04. The van der Waals surface area contributed by atoms with E-state index in [0.29, 0.717) is 36.0 Å². The summed E-state index contributed by atoms with van der Waals surface area (Å²) in [4.78, 5) is 24.2. The molecule has 0 fully saturated rings. The molecule has 0 spiro atoms. The number of para-hydroxylation sites is 1. The van der Waals surface area contributed by atoms with Gasteiger partial charge in [0.05, 0.1) is 16.5 Å². The van der Waals surface area contributed by atoms with Gasteiger partial charge in [-0.3, -0.25) is 9.36 Å². The number of hydrogen-bond acceptors (Lipinski definition) is 6. The second-order valence-electron chi connectivity index (χ2n) is 5.22. The van der Waals surface area contributed by atoms with E-state index in [1.807, 2.05) is 6.07 Å². The quantitative estimate of drug-likeness (QED) is 0.545. The van der Waals surface area contributed by atoms with Crippen molar-refractivity contribution < 1.29 is 9.53 Å². The Morgan fingerprint density at radius 2 is 2.28 bits per heavy atom. The van der Waals surface area contributed by atoms with Crippen LogP contribution < -0.4 is 11.0 Å². The molecule has 0 bridgehead atoms. The van der Waals surface area contributed by atoms with Crippen molar-refractivity contribution in [2.75, 3.05) is 19.0 Å². The van der Waals surface area contributed by atoms with Crippen LogP contribution >= 0.6 is 11.8 Å². The summed E-state index contributed by atoms with van der Waals surface area (Å²) in [6.07, 6.45) is 0.666.